The van der Waals surface area contributed by atoms with E-state index in [0.717, 1.165) is 13.1 Å². The Bertz CT molecular complexity index is 237. The van der Waals surface area contributed by atoms with Gasteiger partial charge in [-0.25, -0.2) is 0 Å². The summed E-state index contributed by atoms with van der Waals surface area (Å²) in [6.45, 7) is 6.23. The molecule has 15 heavy (non-hydrogen) atoms. The average molecular weight is 213 g/mol. The van der Waals surface area contributed by atoms with Crippen LogP contribution in [0.5, 0.6) is 0 Å². The minimum atomic E-state index is -0.121. The lowest BCUT2D eigenvalue weighted by molar-refractivity contribution is -0.129. The smallest absolute Gasteiger partial charge is 0.239 e. The van der Waals surface area contributed by atoms with Crippen molar-refractivity contribution in [3.8, 4) is 0 Å². The summed E-state index contributed by atoms with van der Waals surface area (Å²) in [6.07, 6.45) is 0. The standard InChI is InChI=1S/C10H19N3O2/c1-7(2)3-12-9(14)6-13-10(15)8-4-11-5-8/h7-8,11H,3-6H2,1-2H3,(H,12,14)(H,13,15). The molecule has 0 aromatic carbocycles. The fraction of sp³-hybridized carbons (Fsp3) is 0.800. The van der Waals surface area contributed by atoms with E-state index in [1.165, 1.54) is 0 Å². The Morgan fingerprint density at radius 1 is 1.33 bits per heavy atom. The first-order valence-electron chi connectivity index (χ1n) is 5.34. The lowest BCUT2D eigenvalue weighted by atomic mass is 10.0. The minimum absolute atomic E-state index is 0.0338. The molecular weight excluding hydrogens is 194 g/mol. The zero-order valence-corrected chi connectivity index (χ0v) is 9.30. The first kappa shape index (κ1) is 12.0. The Morgan fingerprint density at radius 2 is 2.00 bits per heavy atom. The van der Waals surface area contributed by atoms with E-state index >= 15 is 0 Å². The Hall–Kier alpha value is -1.10. The summed E-state index contributed by atoms with van der Waals surface area (Å²) < 4.78 is 0. The maximum Gasteiger partial charge on any atom is 0.239 e. The zero-order valence-electron chi connectivity index (χ0n) is 9.30. The number of hydrogen-bond acceptors (Lipinski definition) is 3. The summed E-state index contributed by atoms with van der Waals surface area (Å²) in [5, 5.41) is 8.37. The van der Waals surface area contributed by atoms with E-state index in [1.54, 1.807) is 0 Å². The summed E-state index contributed by atoms with van der Waals surface area (Å²) in [5.41, 5.74) is 0. The van der Waals surface area contributed by atoms with Gasteiger partial charge in [-0.2, -0.15) is 0 Å². The molecule has 0 aromatic rings. The van der Waals surface area contributed by atoms with Crippen LogP contribution in [-0.4, -0.2) is 38.0 Å². The third-order valence-electron chi connectivity index (χ3n) is 2.28. The van der Waals surface area contributed by atoms with Gasteiger partial charge in [-0.3, -0.25) is 9.59 Å². The van der Waals surface area contributed by atoms with E-state index in [1.807, 2.05) is 13.8 Å². The van der Waals surface area contributed by atoms with Crippen molar-refractivity contribution < 1.29 is 9.59 Å². The highest BCUT2D eigenvalue weighted by Crippen LogP contribution is 2.01. The Morgan fingerprint density at radius 3 is 2.47 bits per heavy atom. The van der Waals surface area contributed by atoms with Gasteiger partial charge in [0.25, 0.3) is 0 Å². The zero-order chi connectivity index (χ0) is 11.3. The number of nitrogens with one attached hydrogen (secondary N) is 3. The van der Waals surface area contributed by atoms with Gasteiger partial charge in [0.2, 0.25) is 11.8 Å². The van der Waals surface area contributed by atoms with Crippen molar-refractivity contribution >= 4 is 11.8 Å². The van der Waals surface area contributed by atoms with E-state index in [2.05, 4.69) is 16.0 Å². The van der Waals surface area contributed by atoms with E-state index in [0.29, 0.717) is 12.5 Å². The van der Waals surface area contributed by atoms with Crippen LogP contribution in [0, 0.1) is 11.8 Å². The van der Waals surface area contributed by atoms with E-state index in [4.69, 9.17) is 0 Å². The average Bonchev–Trinajstić information content (AvgIpc) is 2.08. The molecular formula is C10H19N3O2. The predicted molar refractivity (Wildman–Crippen MR) is 57.2 cm³/mol. The molecule has 1 aliphatic rings. The van der Waals surface area contributed by atoms with Gasteiger partial charge in [-0.1, -0.05) is 13.8 Å². The lowest BCUT2D eigenvalue weighted by Gasteiger charge is -2.25. The molecule has 0 saturated carbocycles. The van der Waals surface area contributed by atoms with Gasteiger partial charge in [0, 0.05) is 19.6 Å². The molecule has 0 bridgehead atoms. The van der Waals surface area contributed by atoms with Crippen LogP contribution in [0.15, 0.2) is 0 Å². The first-order valence-corrected chi connectivity index (χ1v) is 5.34. The molecule has 5 heteroatoms. The highest BCUT2D eigenvalue weighted by atomic mass is 16.2. The molecule has 86 valence electrons. The van der Waals surface area contributed by atoms with Crippen molar-refractivity contribution in [2.75, 3.05) is 26.2 Å². The summed E-state index contributed by atoms with van der Waals surface area (Å²) in [4.78, 5) is 22.6. The van der Waals surface area contributed by atoms with Gasteiger partial charge in [0.15, 0.2) is 0 Å². The van der Waals surface area contributed by atoms with Gasteiger partial charge in [0.05, 0.1) is 12.5 Å². The molecule has 3 N–H and O–H groups in total. The summed E-state index contributed by atoms with van der Waals surface area (Å²) >= 11 is 0. The van der Waals surface area contributed by atoms with Crippen molar-refractivity contribution in [3.63, 3.8) is 0 Å². The van der Waals surface area contributed by atoms with Crippen LogP contribution < -0.4 is 16.0 Å². The number of carbonyl (C=O) groups is 2. The first-order chi connectivity index (χ1) is 7.09. The molecule has 1 saturated heterocycles. The second-order valence-corrected chi connectivity index (χ2v) is 4.27. The molecule has 0 aromatic heterocycles. The van der Waals surface area contributed by atoms with Crippen molar-refractivity contribution in [1.82, 2.24) is 16.0 Å². The minimum Gasteiger partial charge on any atom is -0.354 e. The third kappa shape index (κ3) is 4.29. The Kier molecular flexibility index (Phi) is 4.55. The molecule has 5 nitrogen and oxygen atoms in total. The van der Waals surface area contributed by atoms with Crippen LogP contribution in [0.1, 0.15) is 13.8 Å². The molecule has 1 aliphatic heterocycles. The number of hydrogen-bond donors (Lipinski definition) is 3. The summed E-state index contributed by atoms with van der Waals surface area (Å²) in [7, 11) is 0. The molecule has 1 rings (SSSR count). The van der Waals surface area contributed by atoms with Crippen molar-refractivity contribution in [3.05, 3.63) is 0 Å². The topological polar surface area (TPSA) is 70.2 Å². The highest BCUT2D eigenvalue weighted by Gasteiger charge is 2.24. The molecule has 0 unspecified atom stereocenters. The predicted octanol–water partition coefficient (Wildman–Crippen LogP) is -0.906. The van der Waals surface area contributed by atoms with Crippen LogP contribution in [0.2, 0.25) is 0 Å². The maximum absolute atomic E-state index is 11.3. The number of carbonyl (C=O) groups excluding carboxylic acids is 2. The largest absolute Gasteiger partial charge is 0.354 e. The molecule has 1 fully saturated rings. The Labute approximate surface area is 90.0 Å². The van der Waals surface area contributed by atoms with Gasteiger partial charge < -0.3 is 16.0 Å². The third-order valence-corrected chi connectivity index (χ3v) is 2.28. The van der Waals surface area contributed by atoms with Gasteiger partial charge in [-0.15, -0.1) is 0 Å². The van der Waals surface area contributed by atoms with Crippen LogP contribution >= 0.6 is 0 Å². The quantitative estimate of drug-likeness (QED) is 0.554. The van der Waals surface area contributed by atoms with Crippen molar-refractivity contribution in [2.24, 2.45) is 11.8 Å². The second-order valence-electron chi connectivity index (χ2n) is 4.27. The van der Waals surface area contributed by atoms with Gasteiger partial charge in [0.1, 0.15) is 0 Å². The summed E-state index contributed by atoms with van der Waals surface area (Å²) in [6, 6.07) is 0. The lowest BCUT2D eigenvalue weighted by Crippen LogP contribution is -2.52. The molecule has 2 amide bonds. The number of amides is 2. The Balaban J connectivity index is 2.07. The molecule has 1 heterocycles. The molecule has 0 atom stereocenters. The van der Waals surface area contributed by atoms with Crippen LogP contribution in [-0.2, 0) is 9.59 Å². The van der Waals surface area contributed by atoms with Crippen LogP contribution in [0.25, 0.3) is 0 Å². The van der Waals surface area contributed by atoms with E-state index in [9.17, 15) is 9.59 Å². The van der Waals surface area contributed by atoms with E-state index < -0.39 is 0 Å². The maximum atomic E-state index is 11.3. The monoisotopic (exact) mass is 213 g/mol. The fourth-order valence-electron chi connectivity index (χ4n) is 1.17. The highest BCUT2D eigenvalue weighted by molar-refractivity contribution is 5.86. The molecule has 0 spiro atoms. The molecule has 0 radical (unpaired) electrons. The van der Waals surface area contributed by atoms with Gasteiger partial charge in [-0.05, 0) is 5.92 Å². The van der Waals surface area contributed by atoms with Crippen LogP contribution in [0.3, 0.4) is 0 Å². The summed E-state index contributed by atoms with van der Waals surface area (Å²) in [5.74, 6) is 0.321. The fourth-order valence-corrected chi connectivity index (χ4v) is 1.17. The second kappa shape index (κ2) is 5.70. The van der Waals surface area contributed by atoms with Crippen molar-refractivity contribution in [2.45, 2.75) is 13.8 Å². The normalized spacial score (nSPS) is 15.9. The SMILES string of the molecule is CC(C)CNC(=O)CNC(=O)C1CNC1. The van der Waals surface area contributed by atoms with Crippen LogP contribution in [0.4, 0.5) is 0 Å². The van der Waals surface area contributed by atoms with E-state index in [-0.39, 0.29) is 24.3 Å². The van der Waals surface area contributed by atoms with Gasteiger partial charge >= 0.3 is 0 Å². The number of rotatable bonds is 5. The molecule has 0 aliphatic carbocycles. The van der Waals surface area contributed by atoms with Crippen molar-refractivity contribution in [1.29, 1.82) is 0 Å².